The van der Waals surface area contributed by atoms with E-state index >= 15 is 0 Å². The summed E-state index contributed by atoms with van der Waals surface area (Å²) in [5, 5.41) is 7.04. The van der Waals surface area contributed by atoms with Gasteiger partial charge in [0.15, 0.2) is 5.82 Å². The van der Waals surface area contributed by atoms with Gasteiger partial charge in [0.05, 0.1) is 5.56 Å². The van der Waals surface area contributed by atoms with E-state index in [4.69, 9.17) is 0 Å². The molecule has 0 atom stereocenters. The molecule has 1 amide bonds. The Morgan fingerprint density at radius 2 is 1.96 bits per heavy atom. The molecule has 0 saturated carbocycles. The molecule has 3 heterocycles. The lowest BCUT2D eigenvalue weighted by Crippen LogP contribution is -2.18. The third-order valence-electron chi connectivity index (χ3n) is 3.54. The Morgan fingerprint density at radius 1 is 1.12 bits per heavy atom. The second kappa shape index (κ2) is 6.00. The highest BCUT2D eigenvalue weighted by molar-refractivity contribution is 6.03. The number of rotatable bonds is 3. The van der Waals surface area contributed by atoms with Crippen LogP contribution in [0.1, 0.15) is 10.4 Å². The zero-order valence-electron chi connectivity index (χ0n) is 12.9. The highest BCUT2D eigenvalue weighted by atomic mass is 16.2. The Labute approximate surface area is 141 Å². The van der Waals surface area contributed by atoms with Gasteiger partial charge < -0.3 is 5.32 Å². The van der Waals surface area contributed by atoms with Crippen LogP contribution in [0.4, 0.5) is 5.82 Å². The van der Waals surface area contributed by atoms with Crippen molar-refractivity contribution in [1.29, 1.82) is 0 Å². The van der Waals surface area contributed by atoms with Gasteiger partial charge in [-0.3, -0.25) is 19.6 Å². The van der Waals surface area contributed by atoms with E-state index in [1.54, 1.807) is 18.3 Å². The normalized spacial score (nSPS) is 10.7. The minimum absolute atomic E-state index is 0.224. The molecular formula is C17H12N6O2. The molecule has 0 bridgehead atoms. The number of H-pyrrole nitrogens is 1. The maximum absolute atomic E-state index is 12.3. The predicted octanol–water partition coefficient (Wildman–Crippen LogP) is 1.73. The van der Waals surface area contributed by atoms with Gasteiger partial charge in [-0.05, 0) is 12.1 Å². The molecule has 1 aromatic carbocycles. The molecule has 8 nitrogen and oxygen atoms in total. The predicted molar refractivity (Wildman–Crippen MR) is 91.2 cm³/mol. The Kier molecular flexibility index (Phi) is 3.55. The number of nitrogens with zero attached hydrogens (tertiary/aromatic N) is 4. The summed E-state index contributed by atoms with van der Waals surface area (Å²) in [6.45, 7) is 0. The van der Waals surface area contributed by atoms with Crippen LogP contribution in [0.25, 0.3) is 17.2 Å². The minimum Gasteiger partial charge on any atom is -0.306 e. The van der Waals surface area contributed by atoms with Gasteiger partial charge in [0.2, 0.25) is 5.78 Å². The van der Waals surface area contributed by atoms with E-state index in [9.17, 15) is 9.59 Å². The van der Waals surface area contributed by atoms with Crippen LogP contribution in [0.15, 0.2) is 65.7 Å². The highest BCUT2D eigenvalue weighted by Crippen LogP contribution is 2.16. The zero-order valence-corrected chi connectivity index (χ0v) is 12.9. The molecule has 0 aliphatic rings. The first kappa shape index (κ1) is 14.8. The van der Waals surface area contributed by atoms with E-state index in [1.807, 2.05) is 30.3 Å². The van der Waals surface area contributed by atoms with Crippen LogP contribution in [0.5, 0.6) is 0 Å². The molecule has 8 heteroatoms. The summed E-state index contributed by atoms with van der Waals surface area (Å²) in [4.78, 5) is 35.0. The molecule has 4 rings (SSSR count). The molecule has 0 unspecified atom stereocenters. The first-order valence-electron chi connectivity index (χ1n) is 7.47. The Bertz CT molecular complexity index is 1100. The van der Waals surface area contributed by atoms with Crippen molar-refractivity contribution in [3.8, 4) is 11.4 Å². The van der Waals surface area contributed by atoms with Crippen LogP contribution in [-0.2, 0) is 0 Å². The van der Waals surface area contributed by atoms with Gasteiger partial charge in [0, 0.05) is 24.0 Å². The summed E-state index contributed by atoms with van der Waals surface area (Å²) in [7, 11) is 0. The summed E-state index contributed by atoms with van der Waals surface area (Å²) in [6.07, 6.45) is 3.02. The molecule has 25 heavy (non-hydrogen) atoms. The third kappa shape index (κ3) is 2.88. The molecule has 3 aromatic heterocycles. The van der Waals surface area contributed by atoms with Crippen LogP contribution in [-0.4, -0.2) is 30.5 Å². The second-order valence-electron chi connectivity index (χ2n) is 5.25. The molecular weight excluding hydrogens is 320 g/mol. The van der Waals surface area contributed by atoms with Crippen molar-refractivity contribution in [2.45, 2.75) is 0 Å². The first-order chi connectivity index (χ1) is 12.2. The van der Waals surface area contributed by atoms with Crippen molar-refractivity contribution in [3.05, 3.63) is 76.8 Å². The monoisotopic (exact) mass is 332 g/mol. The molecule has 0 spiro atoms. The smallest absolute Gasteiger partial charge is 0.258 e. The van der Waals surface area contributed by atoms with Crippen molar-refractivity contribution < 1.29 is 4.79 Å². The lowest BCUT2D eigenvalue weighted by molar-refractivity contribution is 0.102. The standard InChI is InChI=1S/C17H12N6O2/c24-14-9-13(19-16(25)12-7-4-8-18-10-12)23-17(20-14)21-15(22-23)11-5-2-1-3-6-11/h1-10H,(H,19,25)(H,20,21,22,24). The van der Waals surface area contributed by atoms with E-state index in [0.29, 0.717) is 11.4 Å². The van der Waals surface area contributed by atoms with Crippen molar-refractivity contribution in [2.75, 3.05) is 5.32 Å². The summed E-state index contributed by atoms with van der Waals surface area (Å²) in [5.41, 5.74) is 0.789. The maximum Gasteiger partial charge on any atom is 0.258 e. The van der Waals surface area contributed by atoms with E-state index in [0.717, 1.165) is 5.56 Å². The Morgan fingerprint density at radius 3 is 2.72 bits per heavy atom. The molecule has 2 N–H and O–H groups in total. The maximum atomic E-state index is 12.3. The fraction of sp³-hybridized carbons (Fsp3) is 0. The van der Waals surface area contributed by atoms with E-state index in [1.165, 1.54) is 16.8 Å². The van der Waals surface area contributed by atoms with Gasteiger partial charge in [-0.1, -0.05) is 30.3 Å². The Balaban J connectivity index is 1.77. The average Bonchev–Trinajstić information content (AvgIpc) is 3.07. The molecule has 0 saturated heterocycles. The SMILES string of the molecule is O=C(Nc1cc(=O)[nH]c2nc(-c3ccccc3)nn12)c1cccnc1. The molecule has 0 fully saturated rings. The molecule has 0 aliphatic heterocycles. The van der Waals surface area contributed by atoms with Crippen molar-refractivity contribution in [1.82, 2.24) is 24.6 Å². The molecule has 4 aromatic rings. The lowest BCUT2D eigenvalue weighted by Gasteiger charge is -2.05. The zero-order chi connectivity index (χ0) is 17.2. The van der Waals surface area contributed by atoms with Gasteiger partial charge >= 0.3 is 0 Å². The number of aromatic nitrogens is 5. The van der Waals surface area contributed by atoms with E-state index in [2.05, 4.69) is 25.4 Å². The van der Waals surface area contributed by atoms with Crippen LogP contribution < -0.4 is 10.9 Å². The molecule has 122 valence electrons. The van der Waals surface area contributed by atoms with Gasteiger partial charge in [-0.25, -0.2) is 0 Å². The van der Waals surface area contributed by atoms with Crippen molar-refractivity contribution in [3.63, 3.8) is 0 Å². The quantitative estimate of drug-likeness (QED) is 0.594. The number of hydrogen-bond acceptors (Lipinski definition) is 5. The average molecular weight is 332 g/mol. The van der Waals surface area contributed by atoms with Gasteiger partial charge in [0.1, 0.15) is 5.82 Å². The number of anilines is 1. The highest BCUT2D eigenvalue weighted by Gasteiger charge is 2.13. The summed E-state index contributed by atoms with van der Waals surface area (Å²) in [6, 6.07) is 13.9. The number of carbonyl (C=O) groups excluding carboxylic acids is 1. The number of pyridine rings is 1. The summed E-state index contributed by atoms with van der Waals surface area (Å²) < 4.78 is 1.39. The van der Waals surface area contributed by atoms with Gasteiger partial charge in [-0.15, -0.1) is 5.10 Å². The lowest BCUT2D eigenvalue weighted by atomic mass is 10.2. The van der Waals surface area contributed by atoms with Gasteiger partial charge in [-0.2, -0.15) is 9.50 Å². The fourth-order valence-electron chi connectivity index (χ4n) is 2.38. The van der Waals surface area contributed by atoms with Crippen LogP contribution in [0.3, 0.4) is 0 Å². The van der Waals surface area contributed by atoms with Crippen LogP contribution >= 0.6 is 0 Å². The topological polar surface area (TPSA) is 105 Å². The number of amides is 1. The number of benzene rings is 1. The van der Waals surface area contributed by atoms with Crippen LogP contribution in [0.2, 0.25) is 0 Å². The number of hydrogen-bond donors (Lipinski definition) is 2. The van der Waals surface area contributed by atoms with Gasteiger partial charge in [0.25, 0.3) is 11.5 Å². The number of nitrogens with one attached hydrogen (secondary N) is 2. The van der Waals surface area contributed by atoms with E-state index in [-0.39, 0.29) is 17.2 Å². The second-order valence-corrected chi connectivity index (χ2v) is 5.25. The van der Waals surface area contributed by atoms with Crippen molar-refractivity contribution >= 4 is 17.5 Å². The fourth-order valence-corrected chi connectivity index (χ4v) is 2.38. The van der Waals surface area contributed by atoms with Crippen LogP contribution in [0, 0.1) is 0 Å². The molecule has 0 aliphatic carbocycles. The summed E-state index contributed by atoms with van der Waals surface area (Å²) >= 11 is 0. The Hall–Kier alpha value is -3.81. The first-order valence-corrected chi connectivity index (χ1v) is 7.47. The van der Waals surface area contributed by atoms with Crippen molar-refractivity contribution in [2.24, 2.45) is 0 Å². The van der Waals surface area contributed by atoms with E-state index < -0.39 is 5.91 Å². The number of fused-ring (bicyclic) bond motifs is 1. The number of aromatic amines is 1. The number of carbonyl (C=O) groups is 1. The minimum atomic E-state index is -0.392. The summed E-state index contributed by atoms with van der Waals surface area (Å²) in [5.74, 6) is 0.520. The third-order valence-corrected chi connectivity index (χ3v) is 3.54. The molecule has 0 radical (unpaired) electrons. The largest absolute Gasteiger partial charge is 0.306 e.